The summed E-state index contributed by atoms with van der Waals surface area (Å²) < 4.78 is 5.26. The normalized spacial score (nSPS) is 12.7. The summed E-state index contributed by atoms with van der Waals surface area (Å²) in [5.74, 6) is 0.421. The van der Waals surface area contributed by atoms with Crippen LogP contribution >= 0.6 is 22.9 Å². The molecule has 0 spiro atoms. The van der Waals surface area contributed by atoms with Gasteiger partial charge in [-0.05, 0) is 18.4 Å². The Hall–Kier alpha value is -1.07. The minimum absolute atomic E-state index is 0.263. The number of alkyl halides is 1. The minimum Gasteiger partial charge on any atom is -0.406 e. The molecule has 74 valence electrons. The van der Waals surface area contributed by atoms with Gasteiger partial charge in [-0.1, -0.05) is 5.10 Å². The first-order valence-electron chi connectivity index (χ1n) is 4.02. The van der Waals surface area contributed by atoms with Crippen molar-refractivity contribution < 1.29 is 4.42 Å². The maximum Gasteiger partial charge on any atom is 0.320 e. The minimum atomic E-state index is -0.263. The first-order valence-corrected chi connectivity index (χ1v) is 5.40. The van der Waals surface area contributed by atoms with Crippen molar-refractivity contribution in [2.75, 3.05) is 5.32 Å². The molecule has 2 rings (SSSR count). The fourth-order valence-corrected chi connectivity index (χ4v) is 1.58. The molecule has 0 amide bonds. The lowest BCUT2D eigenvalue weighted by atomic mass is 10.5. The summed E-state index contributed by atoms with van der Waals surface area (Å²) in [6, 6.07) is 2.30. The summed E-state index contributed by atoms with van der Waals surface area (Å²) in [5, 5.41) is 14.2. The Morgan fingerprint density at radius 2 is 2.43 bits per heavy atom. The van der Waals surface area contributed by atoms with E-state index in [1.165, 1.54) is 0 Å². The molecular formula is C8H8ClN3OS. The molecule has 2 aromatic rings. The summed E-state index contributed by atoms with van der Waals surface area (Å²) in [6.45, 7) is 1.78. The van der Waals surface area contributed by atoms with Crippen LogP contribution in [0.1, 0.15) is 18.2 Å². The van der Waals surface area contributed by atoms with Crippen LogP contribution in [0.15, 0.2) is 21.2 Å². The molecule has 2 heterocycles. The first-order chi connectivity index (χ1) is 6.75. The molecule has 0 fully saturated rings. The van der Waals surface area contributed by atoms with Gasteiger partial charge in [-0.2, -0.15) is 11.3 Å². The smallest absolute Gasteiger partial charge is 0.320 e. The number of thiophene rings is 1. The van der Waals surface area contributed by atoms with Gasteiger partial charge in [0.2, 0.25) is 5.89 Å². The van der Waals surface area contributed by atoms with Crippen molar-refractivity contribution >= 4 is 34.6 Å². The third-order valence-corrected chi connectivity index (χ3v) is 2.42. The van der Waals surface area contributed by atoms with E-state index in [4.69, 9.17) is 16.0 Å². The van der Waals surface area contributed by atoms with Gasteiger partial charge in [-0.15, -0.1) is 16.7 Å². The number of aromatic nitrogens is 2. The van der Waals surface area contributed by atoms with Gasteiger partial charge in [0.1, 0.15) is 5.38 Å². The molecular weight excluding hydrogens is 222 g/mol. The van der Waals surface area contributed by atoms with E-state index in [0.29, 0.717) is 11.9 Å². The van der Waals surface area contributed by atoms with E-state index >= 15 is 0 Å². The summed E-state index contributed by atoms with van der Waals surface area (Å²) in [6.07, 6.45) is 0. The maximum atomic E-state index is 5.78. The van der Waals surface area contributed by atoms with Gasteiger partial charge in [0.15, 0.2) is 0 Å². The number of nitrogens with zero attached hydrogens (tertiary/aromatic N) is 2. The molecule has 1 unspecified atom stereocenters. The fraction of sp³-hybridized carbons (Fsp3) is 0.250. The SMILES string of the molecule is CC(Cl)c1nnc(Nc2ccsc2)o1. The molecule has 6 heteroatoms. The van der Waals surface area contributed by atoms with Gasteiger partial charge in [-0.3, -0.25) is 0 Å². The van der Waals surface area contributed by atoms with Crippen LogP contribution < -0.4 is 5.32 Å². The molecule has 0 saturated carbocycles. The summed E-state index contributed by atoms with van der Waals surface area (Å²) in [7, 11) is 0. The number of hydrogen-bond donors (Lipinski definition) is 1. The Morgan fingerprint density at radius 1 is 1.57 bits per heavy atom. The fourth-order valence-electron chi connectivity index (χ4n) is 0.905. The van der Waals surface area contributed by atoms with Gasteiger partial charge in [-0.25, -0.2) is 0 Å². The summed E-state index contributed by atoms with van der Waals surface area (Å²) in [4.78, 5) is 0. The molecule has 1 atom stereocenters. The Morgan fingerprint density at radius 3 is 3.00 bits per heavy atom. The lowest BCUT2D eigenvalue weighted by Gasteiger charge is -1.95. The average molecular weight is 230 g/mol. The van der Waals surface area contributed by atoms with Crippen LogP contribution in [-0.4, -0.2) is 10.2 Å². The maximum absolute atomic E-state index is 5.78. The molecule has 0 aromatic carbocycles. The van der Waals surface area contributed by atoms with E-state index in [1.807, 2.05) is 16.8 Å². The monoisotopic (exact) mass is 229 g/mol. The van der Waals surface area contributed by atoms with E-state index in [-0.39, 0.29) is 5.38 Å². The second-order valence-corrected chi connectivity index (χ2v) is 4.13. The number of anilines is 2. The van der Waals surface area contributed by atoms with Gasteiger partial charge >= 0.3 is 6.01 Å². The second kappa shape index (κ2) is 3.98. The highest BCUT2D eigenvalue weighted by Crippen LogP contribution is 2.22. The molecule has 0 aliphatic carbocycles. The van der Waals surface area contributed by atoms with Crippen LogP contribution in [0.5, 0.6) is 0 Å². The standard InChI is InChI=1S/C8H8ClN3OS/c1-5(9)7-11-12-8(13-7)10-6-2-3-14-4-6/h2-5H,1H3,(H,10,12). The zero-order valence-electron chi connectivity index (χ0n) is 7.40. The quantitative estimate of drug-likeness (QED) is 0.822. The van der Waals surface area contributed by atoms with E-state index in [0.717, 1.165) is 5.69 Å². The van der Waals surface area contributed by atoms with Crippen molar-refractivity contribution in [1.82, 2.24) is 10.2 Å². The Balaban J connectivity index is 2.11. The zero-order chi connectivity index (χ0) is 9.97. The van der Waals surface area contributed by atoms with Crippen molar-refractivity contribution in [2.45, 2.75) is 12.3 Å². The van der Waals surface area contributed by atoms with Crippen molar-refractivity contribution in [3.63, 3.8) is 0 Å². The van der Waals surface area contributed by atoms with Gasteiger partial charge < -0.3 is 9.73 Å². The predicted molar refractivity (Wildman–Crippen MR) is 56.2 cm³/mol. The molecule has 0 aliphatic heterocycles. The third-order valence-electron chi connectivity index (χ3n) is 1.55. The van der Waals surface area contributed by atoms with Gasteiger partial charge in [0, 0.05) is 5.38 Å². The average Bonchev–Trinajstić information content (AvgIpc) is 2.75. The molecule has 0 saturated heterocycles. The van der Waals surface area contributed by atoms with Crippen molar-refractivity contribution in [2.24, 2.45) is 0 Å². The molecule has 0 aliphatic rings. The van der Waals surface area contributed by atoms with Crippen LogP contribution in [0.3, 0.4) is 0 Å². The van der Waals surface area contributed by atoms with E-state index < -0.39 is 0 Å². The highest BCUT2D eigenvalue weighted by Gasteiger charge is 2.10. The Kier molecular flexibility index (Phi) is 2.69. The lowest BCUT2D eigenvalue weighted by Crippen LogP contribution is -1.86. The van der Waals surface area contributed by atoms with Crippen molar-refractivity contribution in [3.8, 4) is 0 Å². The Labute approximate surface area is 89.9 Å². The number of nitrogens with one attached hydrogen (secondary N) is 1. The summed E-state index contributed by atoms with van der Waals surface area (Å²) >= 11 is 7.37. The second-order valence-electron chi connectivity index (χ2n) is 2.70. The molecule has 4 nitrogen and oxygen atoms in total. The molecule has 1 N–H and O–H groups in total. The molecule has 14 heavy (non-hydrogen) atoms. The lowest BCUT2D eigenvalue weighted by molar-refractivity contribution is 0.510. The number of halogens is 1. The highest BCUT2D eigenvalue weighted by molar-refractivity contribution is 7.08. The van der Waals surface area contributed by atoms with Gasteiger partial charge in [0.25, 0.3) is 0 Å². The number of rotatable bonds is 3. The predicted octanol–water partition coefficient (Wildman–Crippen LogP) is 3.17. The van der Waals surface area contributed by atoms with E-state index in [1.54, 1.807) is 18.3 Å². The highest BCUT2D eigenvalue weighted by atomic mass is 35.5. The molecule has 2 aromatic heterocycles. The van der Waals surface area contributed by atoms with Crippen molar-refractivity contribution in [1.29, 1.82) is 0 Å². The summed E-state index contributed by atoms with van der Waals surface area (Å²) in [5.41, 5.74) is 0.937. The molecule has 0 bridgehead atoms. The van der Waals surface area contributed by atoms with Crippen LogP contribution in [0, 0.1) is 0 Å². The van der Waals surface area contributed by atoms with Crippen molar-refractivity contribution in [3.05, 3.63) is 22.7 Å². The van der Waals surface area contributed by atoms with Crippen LogP contribution in [0.4, 0.5) is 11.7 Å². The van der Waals surface area contributed by atoms with E-state index in [9.17, 15) is 0 Å². The van der Waals surface area contributed by atoms with Crippen LogP contribution in [0.2, 0.25) is 0 Å². The van der Waals surface area contributed by atoms with Crippen LogP contribution in [-0.2, 0) is 0 Å². The zero-order valence-corrected chi connectivity index (χ0v) is 8.97. The topological polar surface area (TPSA) is 51.0 Å². The van der Waals surface area contributed by atoms with Gasteiger partial charge in [0.05, 0.1) is 5.69 Å². The first kappa shape index (κ1) is 9.48. The van der Waals surface area contributed by atoms with Crippen LogP contribution in [0.25, 0.3) is 0 Å². The number of hydrogen-bond acceptors (Lipinski definition) is 5. The van der Waals surface area contributed by atoms with E-state index in [2.05, 4.69) is 15.5 Å². The molecule has 0 radical (unpaired) electrons. The third kappa shape index (κ3) is 2.05. The largest absolute Gasteiger partial charge is 0.406 e. The Bertz CT molecular complexity index is 398.